The molecule has 1 unspecified atom stereocenters. The van der Waals surface area contributed by atoms with Crippen LogP contribution < -0.4 is 16.4 Å². The minimum absolute atomic E-state index is 0.0276. The highest BCUT2D eigenvalue weighted by Gasteiger charge is 2.34. The van der Waals surface area contributed by atoms with Crippen molar-refractivity contribution in [1.29, 1.82) is 0 Å². The summed E-state index contributed by atoms with van der Waals surface area (Å²) in [5, 5.41) is 5.08. The van der Waals surface area contributed by atoms with E-state index in [4.69, 9.17) is 10.5 Å². The molecule has 4 N–H and O–H groups in total. The minimum Gasteiger partial charge on any atom is -0.379 e. The fourth-order valence-corrected chi connectivity index (χ4v) is 5.12. The van der Waals surface area contributed by atoms with Crippen LogP contribution in [0.25, 0.3) is 0 Å². The maximum Gasteiger partial charge on any atom is 0.290 e. The lowest BCUT2D eigenvalue weighted by Gasteiger charge is -2.28. The first-order valence-electron chi connectivity index (χ1n) is 15.4. The highest BCUT2D eigenvalue weighted by molar-refractivity contribution is 6.38. The highest BCUT2D eigenvalue weighted by atomic mass is 16.5. The van der Waals surface area contributed by atoms with Crippen LogP contribution in [0.3, 0.4) is 0 Å². The molecule has 12 nitrogen and oxygen atoms in total. The van der Waals surface area contributed by atoms with Crippen LogP contribution in [-0.2, 0) is 39.9 Å². The maximum absolute atomic E-state index is 13.4. The molecule has 0 radical (unpaired) electrons. The molecule has 1 aromatic carbocycles. The van der Waals surface area contributed by atoms with Gasteiger partial charge in [-0.3, -0.25) is 33.7 Å². The molecule has 1 aromatic rings. The average Bonchev–Trinajstić information content (AvgIpc) is 3.00. The van der Waals surface area contributed by atoms with E-state index in [1.807, 2.05) is 56.0 Å². The first-order chi connectivity index (χ1) is 20.8. The number of hydrogen-bond donors (Lipinski definition) is 3. The van der Waals surface area contributed by atoms with Crippen LogP contribution in [0, 0.1) is 17.8 Å². The molecule has 244 valence electrons. The van der Waals surface area contributed by atoms with Crippen LogP contribution in [0.2, 0.25) is 0 Å². The minimum atomic E-state index is -1.14. The topological polar surface area (TPSA) is 168 Å². The molecule has 1 saturated heterocycles. The molecule has 0 aliphatic carbocycles. The lowest BCUT2D eigenvalue weighted by molar-refractivity contribution is -0.143. The normalized spacial score (nSPS) is 16.3. The number of ketones is 2. The largest absolute Gasteiger partial charge is 0.379 e. The Balaban J connectivity index is 2.04. The number of rotatable bonds is 18. The Morgan fingerprint density at radius 2 is 1.66 bits per heavy atom. The number of morpholine rings is 1. The Morgan fingerprint density at radius 3 is 2.23 bits per heavy atom. The standard InChI is InChI=1S/C32H49N5O7/c1-6-22(4)28(35-31(42)24(16-21(2)3)18-25(38)20-37-12-14-44-15-13-37)29(40)32(43)34-19-27(39)36(5)26(30(33)41)17-23-10-8-7-9-11-23/h7-11,21-22,24,26,28H,6,12-20H2,1-5H3,(H2,33,41)(H,34,43)(H,35,42)/t22-,24+,26-,28?/m0/s1. The van der Waals surface area contributed by atoms with E-state index in [0.29, 0.717) is 39.1 Å². The van der Waals surface area contributed by atoms with Crippen LogP contribution in [0.5, 0.6) is 0 Å². The lowest BCUT2D eigenvalue weighted by atomic mass is 9.89. The first-order valence-corrected chi connectivity index (χ1v) is 15.4. The summed E-state index contributed by atoms with van der Waals surface area (Å²) in [6.45, 7) is 9.61. The SMILES string of the molecule is CC[C@H](C)C(NC(=O)[C@@H](CC(=O)CN1CCOCC1)CC(C)C)C(=O)C(=O)NCC(=O)N(C)[C@@H](Cc1ccccc1)C(N)=O. The van der Waals surface area contributed by atoms with Crippen LogP contribution in [-0.4, -0.2) is 104 Å². The second kappa shape index (κ2) is 18.2. The van der Waals surface area contributed by atoms with Gasteiger partial charge in [0.25, 0.3) is 5.91 Å². The van der Waals surface area contributed by atoms with Gasteiger partial charge < -0.3 is 26.0 Å². The number of nitrogens with zero attached hydrogens (tertiary/aromatic N) is 2. The molecule has 12 heteroatoms. The Labute approximate surface area is 260 Å². The molecule has 1 aliphatic heterocycles. The maximum atomic E-state index is 13.4. The highest BCUT2D eigenvalue weighted by Crippen LogP contribution is 2.19. The molecule has 4 amide bonds. The number of amides is 4. The van der Waals surface area contributed by atoms with Gasteiger partial charge in [0.1, 0.15) is 11.8 Å². The number of Topliss-reactive ketones (excluding diaryl/α,β-unsaturated/α-hetero) is 2. The molecule has 1 aliphatic rings. The van der Waals surface area contributed by atoms with Crippen molar-refractivity contribution in [3.8, 4) is 0 Å². The summed E-state index contributed by atoms with van der Waals surface area (Å²) in [6.07, 6.45) is 1.16. The molecule has 0 bridgehead atoms. The van der Waals surface area contributed by atoms with Gasteiger partial charge in [-0.05, 0) is 23.8 Å². The molecule has 1 fully saturated rings. The molecule has 2 rings (SSSR count). The molecule has 0 saturated carbocycles. The van der Waals surface area contributed by atoms with E-state index in [2.05, 4.69) is 10.6 Å². The number of carbonyl (C=O) groups is 6. The van der Waals surface area contributed by atoms with Gasteiger partial charge in [0, 0.05) is 38.9 Å². The molecular formula is C32H49N5O7. The fourth-order valence-electron chi connectivity index (χ4n) is 5.12. The van der Waals surface area contributed by atoms with Gasteiger partial charge in [0.15, 0.2) is 0 Å². The zero-order valence-electron chi connectivity index (χ0n) is 26.7. The van der Waals surface area contributed by atoms with Crippen LogP contribution in [0.1, 0.15) is 52.5 Å². The molecule has 0 aromatic heterocycles. The van der Waals surface area contributed by atoms with Crippen molar-refractivity contribution in [2.75, 3.05) is 46.4 Å². The number of carbonyl (C=O) groups excluding carboxylic acids is 6. The van der Waals surface area contributed by atoms with Gasteiger partial charge in [0.2, 0.25) is 23.5 Å². The van der Waals surface area contributed by atoms with Gasteiger partial charge in [-0.1, -0.05) is 64.4 Å². The summed E-state index contributed by atoms with van der Waals surface area (Å²) >= 11 is 0. The first kappa shape index (κ1) is 36.6. The number of nitrogens with one attached hydrogen (secondary N) is 2. The van der Waals surface area contributed by atoms with Crippen molar-refractivity contribution in [1.82, 2.24) is 20.4 Å². The number of likely N-dealkylation sites (N-methyl/N-ethyl adjacent to an activating group) is 1. The number of nitrogens with two attached hydrogens (primary N) is 1. The van der Waals surface area contributed by atoms with E-state index in [9.17, 15) is 28.8 Å². The van der Waals surface area contributed by atoms with Crippen molar-refractivity contribution >= 4 is 35.2 Å². The van der Waals surface area contributed by atoms with E-state index in [-0.39, 0.29) is 37.0 Å². The van der Waals surface area contributed by atoms with Gasteiger partial charge in [-0.25, -0.2) is 0 Å². The fraction of sp³-hybridized carbons (Fsp3) is 0.625. The second-order valence-electron chi connectivity index (χ2n) is 12.0. The van der Waals surface area contributed by atoms with Crippen molar-refractivity contribution < 1.29 is 33.5 Å². The van der Waals surface area contributed by atoms with Crippen LogP contribution >= 0.6 is 0 Å². The molecular weight excluding hydrogens is 566 g/mol. The van der Waals surface area contributed by atoms with Crippen molar-refractivity contribution in [2.24, 2.45) is 23.5 Å². The van der Waals surface area contributed by atoms with Crippen molar-refractivity contribution in [3.63, 3.8) is 0 Å². The van der Waals surface area contributed by atoms with Gasteiger partial charge in [-0.2, -0.15) is 0 Å². The third kappa shape index (κ3) is 11.8. The molecule has 44 heavy (non-hydrogen) atoms. The summed E-state index contributed by atoms with van der Waals surface area (Å²) in [5.74, 6) is -4.67. The monoisotopic (exact) mass is 615 g/mol. The summed E-state index contributed by atoms with van der Waals surface area (Å²) < 4.78 is 5.33. The predicted molar refractivity (Wildman–Crippen MR) is 165 cm³/mol. The third-order valence-corrected chi connectivity index (χ3v) is 7.98. The van der Waals surface area contributed by atoms with E-state index in [0.717, 1.165) is 10.5 Å². The Kier molecular flexibility index (Phi) is 15.1. The Hall–Kier alpha value is -3.64. The summed E-state index contributed by atoms with van der Waals surface area (Å²) in [4.78, 5) is 80.6. The van der Waals surface area contributed by atoms with Crippen LogP contribution in [0.15, 0.2) is 30.3 Å². The van der Waals surface area contributed by atoms with Gasteiger partial charge >= 0.3 is 0 Å². The molecule has 1 heterocycles. The average molecular weight is 616 g/mol. The summed E-state index contributed by atoms with van der Waals surface area (Å²) in [6, 6.07) is 6.97. The summed E-state index contributed by atoms with van der Waals surface area (Å²) in [5.41, 5.74) is 6.36. The Morgan fingerprint density at radius 1 is 1.02 bits per heavy atom. The second-order valence-corrected chi connectivity index (χ2v) is 12.0. The van der Waals surface area contributed by atoms with Crippen molar-refractivity contribution in [3.05, 3.63) is 35.9 Å². The number of benzene rings is 1. The number of ether oxygens (including phenoxy) is 1. The van der Waals surface area contributed by atoms with Crippen molar-refractivity contribution in [2.45, 2.75) is 65.5 Å². The van der Waals surface area contributed by atoms with E-state index in [1.54, 1.807) is 6.92 Å². The summed E-state index contributed by atoms with van der Waals surface area (Å²) in [7, 11) is 1.41. The quantitative estimate of drug-likeness (QED) is 0.203. The van der Waals surface area contributed by atoms with E-state index < -0.39 is 54.0 Å². The van der Waals surface area contributed by atoms with E-state index in [1.165, 1.54) is 7.05 Å². The van der Waals surface area contributed by atoms with E-state index >= 15 is 0 Å². The van der Waals surface area contributed by atoms with Gasteiger partial charge in [0.05, 0.1) is 32.3 Å². The lowest BCUT2D eigenvalue weighted by Crippen LogP contribution is -2.54. The number of primary amides is 1. The van der Waals surface area contributed by atoms with Gasteiger partial charge in [-0.15, -0.1) is 0 Å². The third-order valence-electron chi connectivity index (χ3n) is 7.98. The molecule has 4 atom stereocenters. The smallest absolute Gasteiger partial charge is 0.290 e. The predicted octanol–water partition coefficient (Wildman–Crippen LogP) is 0.711. The van der Waals surface area contributed by atoms with Crippen LogP contribution in [0.4, 0.5) is 0 Å². The zero-order chi connectivity index (χ0) is 32.8. The molecule has 0 spiro atoms. The Bertz CT molecular complexity index is 1140. The zero-order valence-corrected chi connectivity index (χ0v) is 26.7. The number of hydrogen-bond acceptors (Lipinski definition) is 8.